The van der Waals surface area contributed by atoms with E-state index in [1.807, 2.05) is 26.8 Å². The standard InChI is InChI=1S/C21H23F3N4O/c1-20(2,3)26-19(29)28-15-9-10-27(12-15)17-8-7-16(25-18(17)28)13-5-4-6-14(11-13)21(22,23)24/h4-8,11,15H,9-10,12H2,1-3H3,(H,26,29)/t15-/m0/s1. The number of nitrogens with zero attached hydrogens (tertiary/aromatic N) is 3. The molecule has 5 nitrogen and oxygen atoms in total. The summed E-state index contributed by atoms with van der Waals surface area (Å²) in [7, 11) is 0. The number of rotatable bonds is 1. The summed E-state index contributed by atoms with van der Waals surface area (Å²) in [6, 6.07) is 8.41. The maximum atomic E-state index is 13.1. The van der Waals surface area contributed by atoms with Crippen LogP contribution in [0.4, 0.5) is 29.5 Å². The second-order valence-electron chi connectivity index (χ2n) is 8.56. The first-order valence-corrected chi connectivity index (χ1v) is 9.58. The average molecular weight is 404 g/mol. The average Bonchev–Trinajstić information content (AvgIpc) is 3.03. The molecule has 2 aliphatic heterocycles. The van der Waals surface area contributed by atoms with E-state index in [9.17, 15) is 18.0 Å². The van der Waals surface area contributed by atoms with Crippen molar-refractivity contribution in [1.82, 2.24) is 10.3 Å². The molecule has 2 amide bonds. The first-order chi connectivity index (χ1) is 13.5. The molecule has 29 heavy (non-hydrogen) atoms. The summed E-state index contributed by atoms with van der Waals surface area (Å²) in [5, 5.41) is 2.98. The van der Waals surface area contributed by atoms with Gasteiger partial charge >= 0.3 is 12.2 Å². The highest BCUT2D eigenvalue weighted by molar-refractivity contribution is 5.97. The van der Waals surface area contributed by atoms with Gasteiger partial charge in [0.2, 0.25) is 0 Å². The summed E-state index contributed by atoms with van der Waals surface area (Å²) in [6.45, 7) is 7.27. The molecule has 2 aromatic rings. The van der Waals surface area contributed by atoms with Crippen LogP contribution in [-0.2, 0) is 6.18 Å². The molecule has 0 radical (unpaired) electrons. The number of urea groups is 1. The zero-order chi connectivity index (χ0) is 21.0. The van der Waals surface area contributed by atoms with Gasteiger partial charge < -0.3 is 10.2 Å². The lowest BCUT2D eigenvalue weighted by molar-refractivity contribution is -0.137. The third-order valence-electron chi connectivity index (χ3n) is 5.14. The van der Waals surface area contributed by atoms with Gasteiger partial charge in [-0.3, -0.25) is 4.90 Å². The van der Waals surface area contributed by atoms with Crippen molar-refractivity contribution in [1.29, 1.82) is 0 Å². The largest absolute Gasteiger partial charge is 0.416 e. The molecule has 1 saturated heterocycles. The highest BCUT2D eigenvalue weighted by Gasteiger charge is 2.41. The van der Waals surface area contributed by atoms with Crippen LogP contribution in [0.1, 0.15) is 32.8 Å². The maximum absolute atomic E-state index is 13.1. The fourth-order valence-electron chi connectivity index (χ4n) is 3.87. The quantitative estimate of drug-likeness (QED) is 0.751. The van der Waals surface area contributed by atoms with Gasteiger partial charge in [0.05, 0.1) is 23.0 Å². The molecule has 8 heteroatoms. The van der Waals surface area contributed by atoms with E-state index in [0.717, 1.165) is 37.3 Å². The molecule has 1 N–H and O–H groups in total. The van der Waals surface area contributed by atoms with E-state index in [4.69, 9.17) is 0 Å². The topological polar surface area (TPSA) is 48.5 Å². The molecule has 0 aliphatic carbocycles. The molecule has 1 aromatic heterocycles. The van der Waals surface area contributed by atoms with E-state index >= 15 is 0 Å². The lowest BCUT2D eigenvalue weighted by Gasteiger charge is -2.37. The Hall–Kier alpha value is -2.77. The SMILES string of the molecule is CC(C)(C)NC(=O)N1c2nc(-c3cccc(C(F)(F)F)c3)ccc2N2CC[C@H]1C2. The first-order valence-electron chi connectivity index (χ1n) is 9.58. The second-order valence-corrected chi connectivity index (χ2v) is 8.56. The van der Waals surface area contributed by atoms with Crippen molar-refractivity contribution in [2.75, 3.05) is 22.9 Å². The summed E-state index contributed by atoms with van der Waals surface area (Å²) in [5.41, 5.74) is 0.475. The van der Waals surface area contributed by atoms with Crippen molar-refractivity contribution in [3.05, 3.63) is 42.0 Å². The minimum atomic E-state index is -4.42. The molecule has 154 valence electrons. The lowest BCUT2D eigenvalue weighted by Crippen LogP contribution is -2.54. The van der Waals surface area contributed by atoms with Gasteiger partial charge in [-0.1, -0.05) is 12.1 Å². The number of pyridine rings is 1. The Labute approximate surface area is 167 Å². The number of carbonyl (C=O) groups excluding carboxylic acids is 1. The predicted molar refractivity (Wildman–Crippen MR) is 106 cm³/mol. The Kier molecular flexibility index (Phi) is 4.47. The summed E-state index contributed by atoms with van der Waals surface area (Å²) >= 11 is 0. The van der Waals surface area contributed by atoms with Gasteiger partial charge in [-0.15, -0.1) is 0 Å². The molecular weight excluding hydrogens is 381 g/mol. The van der Waals surface area contributed by atoms with Crippen molar-refractivity contribution < 1.29 is 18.0 Å². The Morgan fingerprint density at radius 2 is 1.93 bits per heavy atom. The number of hydrogen-bond donors (Lipinski definition) is 1. The predicted octanol–water partition coefficient (Wildman–Crippen LogP) is 4.67. The van der Waals surface area contributed by atoms with Crippen LogP contribution >= 0.6 is 0 Å². The van der Waals surface area contributed by atoms with Crippen LogP contribution in [0.15, 0.2) is 36.4 Å². The van der Waals surface area contributed by atoms with Gasteiger partial charge in [-0.25, -0.2) is 9.78 Å². The molecule has 4 rings (SSSR count). The number of fused-ring (bicyclic) bond motifs is 4. The number of hydrogen-bond acceptors (Lipinski definition) is 3. The number of halogens is 3. The second kappa shape index (κ2) is 6.64. The van der Waals surface area contributed by atoms with E-state index in [-0.39, 0.29) is 12.1 Å². The highest BCUT2D eigenvalue weighted by Crippen LogP contribution is 2.40. The zero-order valence-electron chi connectivity index (χ0n) is 16.5. The number of benzene rings is 1. The van der Waals surface area contributed by atoms with E-state index in [0.29, 0.717) is 17.1 Å². The first kappa shape index (κ1) is 19.5. The maximum Gasteiger partial charge on any atom is 0.416 e. The molecule has 2 bridgehead atoms. The van der Waals surface area contributed by atoms with Crippen molar-refractivity contribution >= 4 is 17.5 Å². The van der Waals surface area contributed by atoms with Gasteiger partial charge in [-0.05, 0) is 51.5 Å². The van der Waals surface area contributed by atoms with Crippen molar-refractivity contribution in [2.45, 2.75) is 44.9 Å². The Morgan fingerprint density at radius 3 is 2.62 bits per heavy atom. The van der Waals surface area contributed by atoms with Crippen LogP contribution in [-0.4, -0.2) is 35.7 Å². The monoisotopic (exact) mass is 404 g/mol. The Morgan fingerprint density at radius 1 is 1.17 bits per heavy atom. The lowest BCUT2D eigenvalue weighted by atomic mass is 10.1. The summed E-state index contributed by atoms with van der Waals surface area (Å²) in [5.74, 6) is 0.496. The molecule has 1 atom stereocenters. The smallest absolute Gasteiger partial charge is 0.366 e. The number of amides is 2. The van der Waals surface area contributed by atoms with Crippen molar-refractivity contribution in [3.63, 3.8) is 0 Å². The highest BCUT2D eigenvalue weighted by atomic mass is 19.4. The molecule has 3 heterocycles. The van der Waals surface area contributed by atoms with E-state index < -0.39 is 17.3 Å². The van der Waals surface area contributed by atoms with Crippen LogP contribution < -0.4 is 15.1 Å². The number of nitrogens with one attached hydrogen (secondary N) is 1. The van der Waals surface area contributed by atoms with E-state index in [1.54, 1.807) is 17.0 Å². The van der Waals surface area contributed by atoms with Crippen LogP contribution in [0.25, 0.3) is 11.3 Å². The Balaban J connectivity index is 1.76. The summed E-state index contributed by atoms with van der Waals surface area (Å²) in [4.78, 5) is 21.5. The van der Waals surface area contributed by atoms with Crippen LogP contribution in [0.3, 0.4) is 0 Å². The fourth-order valence-corrected chi connectivity index (χ4v) is 3.87. The van der Waals surface area contributed by atoms with Gasteiger partial charge in [0, 0.05) is 24.2 Å². The third kappa shape index (κ3) is 3.75. The third-order valence-corrected chi connectivity index (χ3v) is 5.14. The Bertz CT molecular complexity index is 952. The minimum absolute atomic E-state index is 0.00545. The van der Waals surface area contributed by atoms with Crippen LogP contribution in [0, 0.1) is 0 Å². The minimum Gasteiger partial charge on any atom is -0.366 e. The number of alkyl halides is 3. The number of anilines is 2. The molecule has 0 saturated carbocycles. The molecule has 1 fully saturated rings. The summed E-state index contributed by atoms with van der Waals surface area (Å²) < 4.78 is 39.3. The van der Waals surface area contributed by atoms with Gasteiger partial charge in [0.1, 0.15) is 0 Å². The van der Waals surface area contributed by atoms with Crippen molar-refractivity contribution in [2.24, 2.45) is 0 Å². The van der Waals surface area contributed by atoms with Gasteiger partial charge in [0.15, 0.2) is 5.82 Å². The van der Waals surface area contributed by atoms with Crippen molar-refractivity contribution in [3.8, 4) is 11.3 Å². The fraction of sp³-hybridized carbons (Fsp3) is 0.429. The molecule has 1 aromatic carbocycles. The van der Waals surface area contributed by atoms with E-state index in [2.05, 4.69) is 15.2 Å². The normalized spacial score (nSPS) is 18.6. The van der Waals surface area contributed by atoms with Crippen LogP contribution in [0.5, 0.6) is 0 Å². The molecule has 2 aliphatic rings. The van der Waals surface area contributed by atoms with Crippen LogP contribution in [0.2, 0.25) is 0 Å². The van der Waals surface area contributed by atoms with E-state index in [1.165, 1.54) is 6.07 Å². The molecule has 0 spiro atoms. The number of carbonyl (C=O) groups is 1. The molecule has 0 unspecified atom stereocenters. The molecular formula is C21H23F3N4O. The number of aromatic nitrogens is 1. The zero-order valence-corrected chi connectivity index (χ0v) is 16.5. The van der Waals surface area contributed by atoms with Gasteiger partial charge in [-0.2, -0.15) is 13.2 Å². The van der Waals surface area contributed by atoms with Gasteiger partial charge in [0.25, 0.3) is 0 Å². The summed E-state index contributed by atoms with van der Waals surface area (Å²) in [6.07, 6.45) is -3.60.